The van der Waals surface area contributed by atoms with Crippen LogP contribution >= 0.6 is 12.2 Å². The van der Waals surface area contributed by atoms with Crippen molar-refractivity contribution in [1.29, 1.82) is 0 Å². The molecule has 3 heterocycles. The molecule has 2 aromatic rings. The number of hydrogen-bond donors (Lipinski definition) is 2. The molecule has 2 aliphatic rings. The summed E-state index contributed by atoms with van der Waals surface area (Å²) in [6.07, 6.45) is -4.63. The standard InChI is InChI=1S/C18H15BF6N4O3S/c20-10-6-12(22)11(21)4-8(10)3-9-5-14(19-32-33-27-9)28-1-2-29-13(7-28)15(16(30)31)26-17(29)18(23,24)25/h4,6,9,27H,1-3,5,7H2,(H,30,31). The number of nitrogens with zero attached hydrogens (tertiary/aromatic N) is 3. The van der Waals surface area contributed by atoms with E-state index in [0.717, 1.165) is 22.9 Å². The van der Waals surface area contributed by atoms with Crippen molar-refractivity contribution < 1.29 is 40.3 Å². The van der Waals surface area contributed by atoms with E-state index in [1.54, 1.807) is 4.90 Å². The topological polar surface area (TPSA) is 79.6 Å². The van der Waals surface area contributed by atoms with Gasteiger partial charge in [-0.1, -0.05) is 0 Å². The summed E-state index contributed by atoms with van der Waals surface area (Å²) in [6.45, 7) is -0.223. The average molecular weight is 492 g/mol. The van der Waals surface area contributed by atoms with Crippen molar-refractivity contribution in [3.05, 3.63) is 52.4 Å². The van der Waals surface area contributed by atoms with Crippen LogP contribution in [0.2, 0.25) is 0 Å². The number of nitrogens with one attached hydrogen (secondary N) is 1. The number of carboxylic acid groups (broad SMARTS) is 1. The van der Waals surface area contributed by atoms with Gasteiger partial charge in [0.25, 0.3) is 0 Å². The van der Waals surface area contributed by atoms with Gasteiger partial charge in [-0.05, 0) is 0 Å². The van der Waals surface area contributed by atoms with Crippen LogP contribution in [0.25, 0.3) is 0 Å². The third-order valence-electron chi connectivity index (χ3n) is 5.33. The molecule has 15 heteroatoms. The number of rotatable bonds is 4. The molecular formula is C18H15BF6N4O3S. The van der Waals surface area contributed by atoms with Crippen LogP contribution in [0.3, 0.4) is 0 Å². The number of aromatic nitrogens is 2. The zero-order valence-corrected chi connectivity index (χ0v) is 17.4. The van der Waals surface area contributed by atoms with Gasteiger partial charge in [-0.15, -0.1) is 0 Å². The number of halogens is 6. The Labute approximate surface area is 188 Å². The van der Waals surface area contributed by atoms with Crippen LogP contribution in [0.4, 0.5) is 26.3 Å². The molecule has 33 heavy (non-hydrogen) atoms. The van der Waals surface area contributed by atoms with E-state index in [9.17, 15) is 36.2 Å². The summed E-state index contributed by atoms with van der Waals surface area (Å²) in [7, 11) is 1.36. The first-order chi connectivity index (χ1) is 15.5. The summed E-state index contributed by atoms with van der Waals surface area (Å²) in [5.74, 6) is -6.26. The van der Waals surface area contributed by atoms with Crippen LogP contribution in [0.15, 0.2) is 12.1 Å². The maximum atomic E-state index is 14.1. The zero-order valence-electron chi connectivity index (χ0n) is 16.6. The molecule has 0 bridgehead atoms. The molecule has 0 fully saturated rings. The molecule has 0 amide bonds. The van der Waals surface area contributed by atoms with Crippen LogP contribution in [-0.4, -0.2) is 50.8 Å². The molecule has 0 spiro atoms. The monoisotopic (exact) mass is 492 g/mol. The first kappa shape index (κ1) is 23.5. The number of alkyl halides is 3. The van der Waals surface area contributed by atoms with Crippen molar-refractivity contribution in [2.45, 2.75) is 38.1 Å². The molecule has 0 radical (unpaired) electrons. The van der Waals surface area contributed by atoms with Crippen molar-refractivity contribution in [2.75, 3.05) is 6.54 Å². The molecule has 176 valence electrons. The van der Waals surface area contributed by atoms with Gasteiger partial charge < -0.3 is 0 Å². The first-order valence-electron chi connectivity index (χ1n) is 9.59. The summed E-state index contributed by atoms with van der Waals surface area (Å²) >= 11 is 0.821. The fourth-order valence-corrected chi connectivity index (χ4v) is 4.34. The molecule has 0 saturated carbocycles. The molecule has 1 aromatic heterocycles. The molecule has 1 atom stereocenters. The van der Waals surface area contributed by atoms with Crippen LogP contribution in [0.5, 0.6) is 0 Å². The van der Waals surface area contributed by atoms with E-state index >= 15 is 0 Å². The summed E-state index contributed by atoms with van der Waals surface area (Å²) in [4.78, 5) is 16.4. The Morgan fingerprint density at radius 3 is 2.67 bits per heavy atom. The minimum absolute atomic E-state index is 0.0267. The normalized spacial score (nSPS) is 18.7. The Balaban J connectivity index is 1.56. The van der Waals surface area contributed by atoms with Gasteiger partial charge in [0.05, 0.1) is 0 Å². The Bertz CT molecular complexity index is 1130. The summed E-state index contributed by atoms with van der Waals surface area (Å²) < 4.78 is 89.7. The molecule has 0 saturated heterocycles. The van der Waals surface area contributed by atoms with Gasteiger partial charge in [0.2, 0.25) is 0 Å². The van der Waals surface area contributed by atoms with Crippen molar-refractivity contribution in [3.8, 4) is 0 Å². The molecular weight excluding hydrogens is 477 g/mol. The maximum absolute atomic E-state index is 14.1. The summed E-state index contributed by atoms with van der Waals surface area (Å²) in [5.41, 5.74) is -0.337. The fourth-order valence-electron chi connectivity index (χ4n) is 3.82. The average Bonchev–Trinajstić information content (AvgIpc) is 2.98. The van der Waals surface area contributed by atoms with Crippen LogP contribution in [0.1, 0.15) is 34.0 Å². The van der Waals surface area contributed by atoms with Crippen LogP contribution in [0, 0.1) is 17.5 Å². The molecule has 4 rings (SSSR count). The second kappa shape index (κ2) is 8.93. The summed E-state index contributed by atoms with van der Waals surface area (Å²) in [6, 6.07) is 0.724. The molecule has 1 aromatic carbocycles. The van der Waals surface area contributed by atoms with Gasteiger partial charge in [0.15, 0.2) is 0 Å². The predicted molar refractivity (Wildman–Crippen MR) is 106 cm³/mol. The number of hydrogen-bond acceptors (Lipinski definition) is 6. The third-order valence-corrected chi connectivity index (χ3v) is 5.95. The Morgan fingerprint density at radius 1 is 1.24 bits per heavy atom. The van der Waals surface area contributed by atoms with Crippen molar-refractivity contribution >= 4 is 30.9 Å². The molecule has 0 aliphatic carbocycles. The first-order valence-corrected chi connectivity index (χ1v) is 10.3. The van der Waals surface area contributed by atoms with Gasteiger partial charge in [-0.3, -0.25) is 0 Å². The second-order valence-electron chi connectivity index (χ2n) is 7.48. The fraction of sp³-hybridized carbons (Fsp3) is 0.389. The van der Waals surface area contributed by atoms with Crippen molar-refractivity contribution in [3.63, 3.8) is 0 Å². The van der Waals surface area contributed by atoms with E-state index in [4.69, 9.17) is 4.10 Å². The SMILES string of the molecule is O=C(O)c1nc(C(F)(F)F)n2c1CN(C1=BOSNC(Cc3cc(F)c(F)cc3F)C1)CC2. The number of aromatic carboxylic acids is 1. The van der Waals surface area contributed by atoms with Gasteiger partial charge >= 0.3 is 187 Å². The van der Waals surface area contributed by atoms with E-state index in [2.05, 4.69) is 9.71 Å². The van der Waals surface area contributed by atoms with Gasteiger partial charge in [0.1, 0.15) is 0 Å². The van der Waals surface area contributed by atoms with Crippen LogP contribution < -0.4 is 4.72 Å². The van der Waals surface area contributed by atoms with E-state index < -0.39 is 47.2 Å². The van der Waals surface area contributed by atoms with Crippen molar-refractivity contribution in [2.24, 2.45) is 0 Å². The van der Waals surface area contributed by atoms with Crippen LogP contribution in [-0.2, 0) is 29.8 Å². The minimum atomic E-state index is -4.81. The quantitative estimate of drug-likeness (QED) is 0.224. The second-order valence-corrected chi connectivity index (χ2v) is 8.07. The van der Waals surface area contributed by atoms with E-state index in [1.807, 2.05) is 0 Å². The molecule has 1 unspecified atom stereocenters. The van der Waals surface area contributed by atoms with Gasteiger partial charge in [-0.25, -0.2) is 0 Å². The number of fused-ring (bicyclic) bond motifs is 1. The zero-order chi connectivity index (χ0) is 23.9. The van der Waals surface area contributed by atoms with E-state index in [1.165, 1.54) is 7.12 Å². The molecule has 7 nitrogen and oxygen atoms in total. The Morgan fingerprint density at radius 2 is 1.97 bits per heavy atom. The Kier molecular flexibility index (Phi) is 6.36. The van der Waals surface area contributed by atoms with E-state index in [0.29, 0.717) is 11.7 Å². The summed E-state index contributed by atoms with van der Waals surface area (Å²) in [5, 5.41) is 9.33. The number of benzene rings is 1. The molecule has 2 aliphatic heterocycles. The Hall–Kier alpha value is -2.68. The predicted octanol–water partition coefficient (Wildman–Crippen LogP) is 2.77. The third kappa shape index (κ3) is 4.83. The number of carboxylic acids is 1. The molecule has 2 N–H and O–H groups in total. The van der Waals surface area contributed by atoms with Gasteiger partial charge in [0, 0.05) is 0 Å². The van der Waals surface area contributed by atoms with Gasteiger partial charge in [-0.2, -0.15) is 0 Å². The van der Waals surface area contributed by atoms with Crippen molar-refractivity contribution in [1.82, 2.24) is 19.2 Å². The van der Waals surface area contributed by atoms with E-state index in [-0.39, 0.29) is 43.7 Å². The number of imidazole rings is 1. The number of carbonyl (C=O) groups is 1.